The van der Waals surface area contributed by atoms with Crippen molar-refractivity contribution in [3.63, 3.8) is 0 Å². The van der Waals surface area contributed by atoms with Crippen LogP contribution in [0.3, 0.4) is 0 Å². The van der Waals surface area contributed by atoms with Crippen LogP contribution in [0.5, 0.6) is 0 Å². The molecule has 0 radical (unpaired) electrons. The molecule has 1 N–H and O–H groups in total. The van der Waals surface area contributed by atoms with Crippen molar-refractivity contribution < 1.29 is 4.79 Å². The van der Waals surface area contributed by atoms with E-state index in [4.69, 9.17) is 0 Å². The Bertz CT molecular complexity index is 306. The first-order chi connectivity index (χ1) is 9.69. The summed E-state index contributed by atoms with van der Waals surface area (Å²) in [6.07, 6.45) is 9.38. The number of fused-ring (bicyclic) bond motifs is 2. The number of unbranched alkanes of at least 4 members (excludes halogenated alkanes) is 1. The van der Waals surface area contributed by atoms with Gasteiger partial charge in [-0.25, -0.2) is 0 Å². The Morgan fingerprint density at radius 1 is 1.20 bits per heavy atom. The number of rotatable bonds is 7. The summed E-state index contributed by atoms with van der Waals surface area (Å²) in [5.74, 6) is 0.678. The molecular weight excluding hydrogens is 248 g/mol. The molecule has 3 unspecified atom stereocenters. The van der Waals surface area contributed by atoms with Crippen molar-refractivity contribution in [2.75, 3.05) is 6.54 Å². The summed E-state index contributed by atoms with van der Waals surface area (Å²) in [5, 5.41) is 3.68. The van der Waals surface area contributed by atoms with Gasteiger partial charge in [-0.2, -0.15) is 0 Å². The average Bonchev–Trinajstić information content (AvgIpc) is 2.79. The smallest absolute Gasteiger partial charge is 0.225 e. The summed E-state index contributed by atoms with van der Waals surface area (Å²) in [7, 11) is 0. The number of hydrogen-bond acceptors (Lipinski definition) is 2. The van der Waals surface area contributed by atoms with Gasteiger partial charge < -0.3 is 10.2 Å². The molecule has 0 aromatic heterocycles. The number of nitrogens with zero attached hydrogens (tertiary/aromatic N) is 1. The molecule has 1 amide bonds. The van der Waals surface area contributed by atoms with E-state index in [0.717, 1.165) is 19.4 Å². The Balaban J connectivity index is 1.97. The molecule has 2 saturated heterocycles. The number of carbonyl (C=O) groups excluding carboxylic acids is 1. The van der Waals surface area contributed by atoms with E-state index in [0.29, 0.717) is 24.0 Å². The van der Waals surface area contributed by atoms with Gasteiger partial charge >= 0.3 is 0 Å². The lowest BCUT2D eigenvalue weighted by Crippen LogP contribution is -2.51. The number of carbonyl (C=O) groups is 1. The highest BCUT2D eigenvalue weighted by Gasteiger charge is 2.38. The van der Waals surface area contributed by atoms with Gasteiger partial charge in [0.05, 0.1) is 0 Å². The molecule has 2 bridgehead atoms. The van der Waals surface area contributed by atoms with E-state index in [2.05, 4.69) is 31.0 Å². The molecule has 0 saturated carbocycles. The number of nitrogens with one attached hydrogen (secondary N) is 1. The van der Waals surface area contributed by atoms with Crippen LogP contribution in [0.4, 0.5) is 0 Å². The third kappa shape index (κ3) is 3.55. The van der Waals surface area contributed by atoms with E-state index >= 15 is 0 Å². The van der Waals surface area contributed by atoms with Gasteiger partial charge in [-0.05, 0) is 45.4 Å². The highest BCUT2D eigenvalue weighted by atomic mass is 16.2. The van der Waals surface area contributed by atoms with Crippen molar-refractivity contribution in [1.29, 1.82) is 0 Å². The van der Waals surface area contributed by atoms with Crippen molar-refractivity contribution >= 4 is 5.91 Å². The molecule has 0 spiro atoms. The van der Waals surface area contributed by atoms with Crippen molar-refractivity contribution in [3.8, 4) is 0 Å². The van der Waals surface area contributed by atoms with Crippen molar-refractivity contribution in [2.24, 2.45) is 5.92 Å². The van der Waals surface area contributed by atoms with Gasteiger partial charge in [-0.15, -0.1) is 0 Å². The molecule has 0 aromatic carbocycles. The van der Waals surface area contributed by atoms with Crippen LogP contribution >= 0.6 is 0 Å². The Morgan fingerprint density at radius 3 is 2.35 bits per heavy atom. The highest BCUT2D eigenvalue weighted by Crippen LogP contribution is 2.31. The van der Waals surface area contributed by atoms with E-state index in [9.17, 15) is 4.79 Å². The Morgan fingerprint density at radius 2 is 1.85 bits per heavy atom. The second-order valence-electron chi connectivity index (χ2n) is 6.63. The molecule has 3 nitrogen and oxygen atoms in total. The van der Waals surface area contributed by atoms with Crippen LogP contribution in [-0.4, -0.2) is 35.5 Å². The molecule has 3 heteroatoms. The zero-order valence-electron chi connectivity index (χ0n) is 13.5. The normalized spacial score (nSPS) is 30.2. The molecule has 2 fully saturated rings. The number of amides is 1. The monoisotopic (exact) mass is 280 g/mol. The van der Waals surface area contributed by atoms with Crippen molar-refractivity contribution in [1.82, 2.24) is 10.2 Å². The summed E-state index contributed by atoms with van der Waals surface area (Å²) in [6.45, 7) is 7.40. The first kappa shape index (κ1) is 15.8. The minimum Gasteiger partial charge on any atom is -0.340 e. The Labute approximate surface area is 124 Å². The lowest BCUT2D eigenvalue weighted by atomic mass is 9.93. The first-order valence-corrected chi connectivity index (χ1v) is 8.76. The van der Waals surface area contributed by atoms with E-state index in [1.54, 1.807) is 0 Å². The summed E-state index contributed by atoms with van der Waals surface area (Å²) >= 11 is 0. The summed E-state index contributed by atoms with van der Waals surface area (Å²) in [5.41, 5.74) is 0. The van der Waals surface area contributed by atoms with Gasteiger partial charge in [0.15, 0.2) is 0 Å². The van der Waals surface area contributed by atoms with E-state index in [1.165, 1.54) is 38.5 Å². The fourth-order valence-corrected chi connectivity index (χ4v) is 4.06. The number of piperidine rings is 1. The molecular formula is C17H32N2O. The Hall–Kier alpha value is -0.570. The average molecular weight is 280 g/mol. The van der Waals surface area contributed by atoms with Crippen molar-refractivity contribution in [3.05, 3.63) is 0 Å². The van der Waals surface area contributed by atoms with Gasteiger partial charge in [0, 0.05) is 30.6 Å². The second kappa shape index (κ2) is 7.44. The predicted molar refractivity (Wildman–Crippen MR) is 83.7 cm³/mol. The predicted octanol–water partition coefficient (Wildman–Crippen LogP) is 3.33. The van der Waals surface area contributed by atoms with Crippen LogP contribution in [-0.2, 0) is 4.79 Å². The molecule has 116 valence electrons. The largest absolute Gasteiger partial charge is 0.340 e. The molecule has 2 aliphatic heterocycles. The lowest BCUT2D eigenvalue weighted by Gasteiger charge is -2.39. The SMILES string of the molecule is CCCCC(CC)C(=O)N(CC)C1CC2CCC(C1)N2. The third-order valence-corrected chi connectivity index (χ3v) is 5.26. The lowest BCUT2D eigenvalue weighted by molar-refractivity contribution is -0.138. The van der Waals surface area contributed by atoms with Crippen LogP contribution in [0.1, 0.15) is 72.1 Å². The topological polar surface area (TPSA) is 32.3 Å². The highest BCUT2D eigenvalue weighted by molar-refractivity contribution is 5.79. The van der Waals surface area contributed by atoms with Gasteiger partial charge in [-0.1, -0.05) is 26.7 Å². The Kier molecular flexibility index (Phi) is 5.88. The zero-order valence-corrected chi connectivity index (χ0v) is 13.5. The summed E-state index contributed by atoms with van der Waals surface area (Å²) in [4.78, 5) is 15.1. The maximum atomic E-state index is 12.8. The van der Waals surface area contributed by atoms with E-state index < -0.39 is 0 Å². The van der Waals surface area contributed by atoms with Gasteiger partial charge in [0.1, 0.15) is 0 Å². The molecule has 20 heavy (non-hydrogen) atoms. The zero-order chi connectivity index (χ0) is 14.5. The molecule has 3 atom stereocenters. The fraction of sp³-hybridized carbons (Fsp3) is 0.941. The van der Waals surface area contributed by atoms with E-state index in [1.807, 2.05) is 0 Å². The molecule has 0 aliphatic carbocycles. The quantitative estimate of drug-likeness (QED) is 0.776. The molecule has 2 heterocycles. The maximum absolute atomic E-state index is 12.8. The van der Waals surface area contributed by atoms with Crippen LogP contribution in [0.15, 0.2) is 0 Å². The fourth-order valence-electron chi connectivity index (χ4n) is 4.06. The minimum atomic E-state index is 0.252. The molecule has 2 aliphatic rings. The van der Waals surface area contributed by atoms with Crippen LogP contribution in [0.2, 0.25) is 0 Å². The van der Waals surface area contributed by atoms with Crippen LogP contribution < -0.4 is 5.32 Å². The number of hydrogen-bond donors (Lipinski definition) is 1. The summed E-state index contributed by atoms with van der Waals surface area (Å²) in [6, 6.07) is 1.81. The van der Waals surface area contributed by atoms with Crippen LogP contribution in [0.25, 0.3) is 0 Å². The molecule has 2 rings (SSSR count). The molecule has 0 aromatic rings. The first-order valence-electron chi connectivity index (χ1n) is 8.76. The third-order valence-electron chi connectivity index (χ3n) is 5.26. The van der Waals surface area contributed by atoms with Gasteiger partial charge in [0.25, 0.3) is 0 Å². The standard InChI is InChI=1S/C17H32N2O/c1-4-7-8-13(5-2)17(20)19(6-3)16-11-14-9-10-15(12-16)18-14/h13-16,18H,4-12H2,1-3H3. The second-order valence-corrected chi connectivity index (χ2v) is 6.63. The summed E-state index contributed by atoms with van der Waals surface area (Å²) < 4.78 is 0. The van der Waals surface area contributed by atoms with Crippen molar-refractivity contribution in [2.45, 2.75) is 90.3 Å². The minimum absolute atomic E-state index is 0.252. The van der Waals surface area contributed by atoms with Gasteiger partial charge in [0.2, 0.25) is 5.91 Å². The maximum Gasteiger partial charge on any atom is 0.225 e. The van der Waals surface area contributed by atoms with Gasteiger partial charge in [-0.3, -0.25) is 4.79 Å². The van der Waals surface area contributed by atoms with Crippen LogP contribution in [0, 0.1) is 5.92 Å². The van der Waals surface area contributed by atoms with E-state index in [-0.39, 0.29) is 5.92 Å².